The molecule has 0 aliphatic carbocycles. The number of hydrogen-bond donors (Lipinski definition) is 0. The highest BCUT2D eigenvalue weighted by Crippen LogP contribution is 2.27. The van der Waals surface area contributed by atoms with E-state index >= 15 is 0 Å². The van der Waals surface area contributed by atoms with E-state index in [9.17, 15) is 22.4 Å². The average Bonchev–Trinajstić information content (AvgIpc) is 2.17. The van der Waals surface area contributed by atoms with Gasteiger partial charge >= 0.3 is 5.97 Å². The van der Waals surface area contributed by atoms with Crippen LogP contribution in [0.2, 0.25) is 0 Å². The van der Waals surface area contributed by atoms with Crippen molar-refractivity contribution in [1.82, 2.24) is 0 Å². The van der Waals surface area contributed by atoms with E-state index in [0.717, 1.165) is 6.07 Å². The zero-order valence-corrected chi connectivity index (χ0v) is 8.27. The van der Waals surface area contributed by atoms with Crippen molar-refractivity contribution >= 4 is 5.97 Å². The maximum atomic E-state index is 13.3. The number of halogens is 4. The van der Waals surface area contributed by atoms with Gasteiger partial charge in [0.05, 0.1) is 17.7 Å². The van der Waals surface area contributed by atoms with Gasteiger partial charge in [-0.1, -0.05) is 0 Å². The summed E-state index contributed by atoms with van der Waals surface area (Å²) in [5.41, 5.74) is -2.11. The van der Waals surface area contributed by atoms with Crippen LogP contribution in [0.5, 0.6) is 0 Å². The van der Waals surface area contributed by atoms with Crippen LogP contribution in [0, 0.1) is 11.6 Å². The van der Waals surface area contributed by atoms with Crippen molar-refractivity contribution in [2.24, 2.45) is 0 Å². The van der Waals surface area contributed by atoms with Crippen molar-refractivity contribution in [2.45, 2.75) is 13.3 Å². The Morgan fingerprint density at radius 2 is 2.00 bits per heavy atom. The Hall–Kier alpha value is -1.59. The van der Waals surface area contributed by atoms with E-state index in [4.69, 9.17) is 0 Å². The second-order valence-electron chi connectivity index (χ2n) is 2.84. The molecule has 0 aliphatic heterocycles. The lowest BCUT2D eigenvalue weighted by Gasteiger charge is -2.08. The van der Waals surface area contributed by atoms with Crippen molar-refractivity contribution in [3.05, 3.63) is 34.9 Å². The zero-order valence-electron chi connectivity index (χ0n) is 8.27. The molecule has 0 radical (unpaired) electrons. The quantitative estimate of drug-likeness (QED) is 0.595. The minimum atomic E-state index is -3.32. The van der Waals surface area contributed by atoms with Gasteiger partial charge in [-0.15, -0.1) is 0 Å². The van der Waals surface area contributed by atoms with E-state index in [2.05, 4.69) is 4.74 Å². The standard InChI is InChI=1S/C10H8F4O2/c1-2-16-10(15)5-3-4-6(11)7(8(5)12)9(13)14/h3-4,9H,2H2,1H3. The summed E-state index contributed by atoms with van der Waals surface area (Å²) >= 11 is 0. The van der Waals surface area contributed by atoms with Gasteiger partial charge in [0.1, 0.15) is 11.6 Å². The fraction of sp³-hybridized carbons (Fsp3) is 0.300. The van der Waals surface area contributed by atoms with E-state index in [1.54, 1.807) is 0 Å². The molecule has 0 unspecified atom stereocenters. The Morgan fingerprint density at radius 3 is 2.50 bits per heavy atom. The summed E-state index contributed by atoms with van der Waals surface area (Å²) in [7, 11) is 0. The van der Waals surface area contributed by atoms with Crippen LogP contribution in [0.25, 0.3) is 0 Å². The van der Waals surface area contributed by atoms with Crippen molar-refractivity contribution in [3.8, 4) is 0 Å². The van der Waals surface area contributed by atoms with Crippen LogP contribution in [-0.2, 0) is 4.74 Å². The Kier molecular flexibility index (Phi) is 3.87. The lowest BCUT2D eigenvalue weighted by Crippen LogP contribution is -2.10. The van der Waals surface area contributed by atoms with Crippen LogP contribution >= 0.6 is 0 Å². The molecule has 0 saturated heterocycles. The molecule has 0 aliphatic rings. The van der Waals surface area contributed by atoms with Crippen molar-refractivity contribution < 1.29 is 27.1 Å². The zero-order chi connectivity index (χ0) is 12.3. The van der Waals surface area contributed by atoms with Crippen LogP contribution in [0.15, 0.2) is 12.1 Å². The minimum absolute atomic E-state index is 0.0281. The summed E-state index contributed by atoms with van der Waals surface area (Å²) in [5.74, 6) is -4.06. The predicted octanol–water partition coefficient (Wildman–Crippen LogP) is 3.08. The van der Waals surface area contributed by atoms with Gasteiger partial charge in [-0.2, -0.15) is 0 Å². The molecule has 1 aromatic rings. The molecular formula is C10H8F4O2. The van der Waals surface area contributed by atoms with Crippen LogP contribution in [-0.4, -0.2) is 12.6 Å². The first-order valence-electron chi connectivity index (χ1n) is 4.42. The second-order valence-corrected chi connectivity index (χ2v) is 2.84. The summed E-state index contributed by atoms with van der Waals surface area (Å²) in [4.78, 5) is 11.1. The number of ether oxygens (including phenoxy) is 1. The van der Waals surface area contributed by atoms with Gasteiger partial charge < -0.3 is 4.74 Å². The SMILES string of the molecule is CCOC(=O)c1ccc(F)c(C(F)F)c1F. The first-order chi connectivity index (χ1) is 7.49. The van der Waals surface area contributed by atoms with Crippen LogP contribution in [0.4, 0.5) is 17.6 Å². The van der Waals surface area contributed by atoms with Crippen molar-refractivity contribution in [3.63, 3.8) is 0 Å². The molecule has 0 N–H and O–H groups in total. The van der Waals surface area contributed by atoms with E-state index in [1.807, 2.05) is 0 Å². The summed E-state index contributed by atoms with van der Waals surface area (Å²) < 4.78 is 55.2. The van der Waals surface area contributed by atoms with Crippen molar-refractivity contribution in [1.29, 1.82) is 0 Å². The average molecular weight is 236 g/mol. The Labute approximate surface area is 88.8 Å². The summed E-state index contributed by atoms with van der Waals surface area (Å²) in [6, 6.07) is 1.38. The topological polar surface area (TPSA) is 26.3 Å². The second kappa shape index (κ2) is 4.96. The van der Waals surface area contributed by atoms with Gasteiger partial charge in [0.25, 0.3) is 6.43 Å². The molecule has 1 aromatic carbocycles. The molecule has 0 saturated carbocycles. The van der Waals surface area contributed by atoms with Crippen molar-refractivity contribution in [2.75, 3.05) is 6.61 Å². The Bertz CT molecular complexity index is 404. The molecule has 6 heteroatoms. The monoisotopic (exact) mass is 236 g/mol. The number of rotatable bonds is 3. The third-order valence-electron chi connectivity index (χ3n) is 1.84. The summed E-state index contributed by atoms with van der Waals surface area (Å²) in [6.07, 6.45) is -3.32. The lowest BCUT2D eigenvalue weighted by molar-refractivity contribution is 0.0519. The molecule has 88 valence electrons. The van der Waals surface area contributed by atoms with E-state index < -0.39 is 35.2 Å². The van der Waals surface area contributed by atoms with E-state index in [1.165, 1.54) is 6.92 Å². The molecule has 2 nitrogen and oxygen atoms in total. The van der Waals surface area contributed by atoms with Gasteiger partial charge in [0.2, 0.25) is 0 Å². The molecule has 0 fully saturated rings. The highest BCUT2D eigenvalue weighted by Gasteiger charge is 2.24. The predicted molar refractivity (Wildman–Crippen MR) is 47.3 cm³/mol. The van der Waals surface area contributed by atoms with Gasteiger partial charge in [-0.05, 0) is 19.1 Å². The van der Waals surface area contributed by atoms with E-state index in [0.29, 0.717) is 6.07 Å². The number of alkyl halides is 2. The number of benzene rings is 1. The molecule has 0 spiro atoms. The van der Waals surface area contributed by atoms with Gasteiger partial charge in [0, 0.05) is 0 Å². The third kappa shape index (κ3) is 2.32. The molecule has 1 rings (SSSR count). The first-order valence-corrected chi connectivity index (χ1v) is 4.42. The van der Waals surface area contributed by atoms with Crippen LogP contribution in [0.1, 0.15) is 29.3 Å². The number of hydrogen-bond acceptors (Lipinski definition) is 2. The van der Waals surface area contributed by atoms with E-state index in [-0.39, 0.29) is 6.61 Å². The molecule has 0 bridgehead atoms. The number of esters is 1. The fourth-order valence-corrected chi connectivity index (χ4v) is 1.14. The molecule has 0 aromatic heterocycles. The summed E-state index contributed by atoms with van der Waals surface area (Å²) in [5, 5.41) is 0. The fourth-order valence-electron chi connectivity index (χ4n) is 1.14. The number of carbonyl (C=O) groups is 1. The molecular weight excluding hydrogens is 228 g/mol. The Morgan fingerprint density at radius 1 is 1.38 bits per heavy atom. The smallest absolute Gasteiger partial charge is 0.341 e. The van der Waals surface area contributed by atoms with Crippen LogP contribution in [0.3, 0.4) is 0 Å². The normalized spacial score (nSPS) is 10.6. The third-order valence-corrected chi connectivity index (χ3v) is 1.84. The molecule has 16 heavy (non-hydrogen) atoms. The lowest BCUT2D eigenvalue weighted by atomic mass is 10.1. The van der Waals surface area contributed by atoms with Gasteiger partial charge in [0.15, 0.2) is 0 Å². The largest absolute Gasteiger partial charge is 0.462 e. The maximum Gasteiger partial charge on any atom is 0.341 e. The highest BCUT2D eigenvalue weighted by molar-refractivity contribution is 5.90. The van der Waals surface area contributed by atoms with Gasteiger partial charge in [-0.25, -0.2) is 22.4 Å². The summed E-state index contributed by atoms with van der Waals surface area (Å²) in [6.45, 7) is 1.45. The molecule has 0 atom stereocenters. The van der Waals surface area contributed by atoms with Crippen LogP contribution < -0.4 is 0 Å². The molecule has 0 heterocycles. The maximum absolute atomic E-state index is 13.3. The first kappa shape index (κ1) is 12.5. The molecule has 0 amide bonds. The number of carbonyl (C=O) groups excluding carboxylic acids is 1. The van der Waals surface area contributed by atoms with Gasteiger partial charge in [-0.3, -0.25) is 0 Å². The Balaban J connectivity index is 3.23. The highest BCUT2D eigenvalue weighted by atomic mass is 19.3. The minimum Gasteiger partial charge on any atom is -0.462 e.